The van der Waals surface area contributed by atoms with Crippen molar-refractivity contribution in [2.45, 2.75) is 37.5 Å². The predicted octanol–water partition coefficient (Wildman–Crippen LogP) is 10.7. The van der Waals surface area contributed by atoms with Gasteiger partial charge in [-0.15, -0.1) is 18.2 Å². The summed E-state index contributed by atoms with van der Waals surface area (Å²) in [5, 5.41) is 2.19. The Hall–Kier alpha value is -4.29. The van der Waals surface area contributed by atoms with Gasteiger partial charge in [-0.25, -0.2) is 0 Å². The molecule has 0 spiro atoms. The average molecular weight is 881 g/mol. The number of nitrogens with zero attached hydrogens (tertiary/aromatic N) is 3. The van der Waals surface area contributed by atoms with Crippen LogP contribution in [0, 0.1) is 18.1 Å². The molecule has 3 heterocycles. The van der Waals surface area contributed by atoms with E-state index in [0.717, 1.165) is 71.3 Å². The van der Waals surface area contributed by atoms with Gasteiger partial charge in [-0.1, -0.05) is 59.5 Å². The summed E-state index contributed by atoms with van der Waals surface area (Å²) < 4.78 is 26.7. The van der Waals surface area contributed by atoms with Gasteiger partial charge in [0.1, 0.15) is 5.58 Å². The van der Waals surface area contributed by atoms with E-state index in [9.17, 15) is 0 Å². The van der Waals surface area contributed by atoms with E-state index in [-0.39, 0.29) is 26.0 Å². The van der Waals surface area contributed by atoms with Crippen LogP contribution in [0.1, 0.15) is 22.2 Å². The van der Waals surface area contributed by atoms with E-state index in [0.29, 0.717) is 0 Å². The van der Waals surface area contributed by atoms with E-state index in [2.05, 4.69) is 69.3 Å². The molecule has 0 atom stereocenters. The van der Waals surface area contributed by atoms with Gasteiger partial charge in [0.15, 0.2) is 0 Å². The van der Waals surface area contributed by atoms with E-state index in [1.807, 2.05) is 111 Å². The molecule has 0 aliphatic carbocycles. The van der Waals surface area contributed by atoms with E-state index < -0.39 is 19.6 Å². The van der Waals surface area contributed by atoms with Gasteiger partial charge in [0.05, 0.1) is 22.4 Å². The molecule has 0 saturated heterocycles. The molecule has 4 nitrogen and oxygen atoms in total. The van der Waals surface area contributed by atoms with Gasteiger partial charge in [0.25, 0.3) is 0 Å². The summed E-state index contributed by atoms with van der Waals surface area (Å²) in [6.07, 6.45) is 0.562. The van der Waals surface area contributed by atoms with Crippen molar-refractivity contribution in [3.8, 4) is 28.3 Å². The van der Waals surface area contributed by atoms with Gasteiger partial charge in [-0.05, 0) is 30.3 Å². The van der Waals surface area contributed by atoms with Crippen molar-refractivity contribution in [1.82, 2.24) is 14.5 Å². The molecule has 1 radical (unpaired) electrons. The molecule has 0 aliphatic rings. The monoisotopic (exact) mass is 882 g/mol. The summed E-state index contributed by atoms with van der Waals surface area (Å²) in [4.78, 5) is 9.55. The van der Waals surface area contributed by atoms with Crippen molar-refractivity contribution in [2.75, 3.05) is 0 Å². The summed E-state index contributed by atoms with van der Waals surface area (Å²) >= 11 is -2.20. The molecule has 49 heavy (non-hydrogen) atoms. The Labute approximate surface area is 307 Å². The average Bonchev–Trinajstić information content (AvgIpc) is 3.71. The molecule has 5 aromatic carbocycles. The molecule has 247 valence electrons. The first kappa shape index (κ1) is 31.9. The van der Waals surface area contributed by atoms with Crippen LogP contribution in [0.25, 0.3) is 61.3 Å². The Balaban J connectivity index is 0.000000178. The zero-order chi connectivity index (χ0) is 35.0. The van der Waals surface area contributed by atoms with Crippen LogP contribution in [-0.2, 0) is 26.5 Å². The molecular formula is C43H39GeIrN3O-2. The maximum Gasteiger partial charge on any atom is 0.120 e. The Morgan fingerprint density at radius 1 is 0.816 bits per heavy atom. The van der Waals surface area contributed by atoms with Crippen LogP contribution in [0.4, 0.5) is 0 Å². The molecule has 6 heteroatoms. The molecule has 0 saturated carbocycles. The van der Waals surface area contributed by atoms with Gasteiger partial charge in [-0.2, -0.15) is 0 Å². The molecule has 0 unspecified atom stereocenters. The minimum atomic E-state index is -2.20. The van der Waals surface area contributed by atoms with Gasteiger partial charge in [0.2, 0.25) is 0 Å². The van der Waals surface area contributed by atoms with Crippen molar-refractivity contribution in [1.29, 1.82) is 0 Å². The quantitative estimate of drug-likeness (QED) is 0.123. The number of hydrogen-bond acceptors (Lipinski definition) is 3. The molecule has 0 fully saturated rings. The first-order chi connectivity index (χ1) is 24.0. The van der Waals surface area contributed by atoms with E-state index >= 15 is 0 Å². The number of aromatic nitrogens is 3. The van der Waals surface area contributed by atoms with E-state index in [1.165, 1.54) is 0 Å². The predicted molar refractivity (Wildman–Crippen MR) is 203 cm³/mol. The topological polar surface area (TPSA) is 43.9 Å². The number of furan rings is 1. The summed E-state index contributed by atoms with van der Waals surface area (Å²) in [6.45, 7) is 3.88. The number of pyridine rings is 1. The Morgan fingerprint density at radius 2 is 1.55 bits per heavy atom. The van der Waals surface area contributed by atoms with Crippen molar-refractivity contribution >= 4 is 50.6 Å². The fourth-order valence-electron chi connectivity index (χ4n) is 6.07. The third kappa shape index (κ3) is 7.21. The van der Waals surface area contributed by atoms with Gasteiger partial charge in [-0.3, -0.25) is 4.98 Å². The first-order valence-corrected chi connectivity index (χ1v) is 23.7. The standard InChI is InChI=1S/C25H15N2O.C18H24GeN.Ir/c1-2-9-17(10-3-1)27-22-15-6-5-14-21(22)26-25(27)20-13-8-12-19-18-11-4-7-16-23(18)28-24(19)20;1-14(2)11-16-12-18(15-9-7-6-8-10-15)20-13-17(16)19(3,4)5;/h1-12,14-16H;6-9,12-14H,11H2,1-5H3;/q2*-1;/i;11D2;. The number of benzene rings is 5. The normalized spacial score (nSPS) is 12.4. The third-order valence-electron chi connectivity index (χ3n) is 8.28. The van der Waals surface area contributed by atoms with E-state index in [1.54, 1.807) is 0 Å². The molecule has 0 amide bonds. The van der Waals surface area contributed by atoms with Crippen molar-refractivity contribution in [2.24, 2.45) is 5.92 Å². The van der Waals surface area contributed by atoms with E-state index in [4.69, 9.17) is 12.1 Å². The maximum atomic E-state index is 8.56. The Bertz CT molecular complexity index is 2430. The minimum absolute atomic E-state index is 0. The summed E-state index contributed by atoms with van der Waals surface area (Å²) in [5.41, 5.74) is 8.16. The molecular weight excluding hydrogens is 839 g/mol. The summed E-state index contributed by atoms with van der Waals surface area (Å²) in [7, 11) is 0. The van der Waals surface area contributed by atoms with Crippen molar-refractivity contribution < 1.29 is 27.3 Å². The smallest absolute Gasteiger partial charge is 0.120 e. The zero-order valence-corrected chi connectivity index (χ0v) is 32.8. The molecule has 8 rings (SSSR count). The Kier molecular flexibility index (Phi) is 9.57. The SMILES string of the molecule is [2H]C([2H])(c1cc(-c2[c-]cccc2)nc[c]1[Ge]([CH3])([CH3])[CH3])C(C)C.[Ir].[c-]1ccc2c(oc3ccccc32)c1-c1nc2ccccc2n1-c1ccccc1. The second kappa shape index (κ2) is 14.7. The maximum absolute atomic E-state index is 8.56. The van der Waals surface area contributed by atoms with Gasteiger partial charge < -0.3 is 8.98 Å². The molecule has 0 N–H and O–H groups in total. The molecule has 0 bridgehead atoms. The molecule has 3 aromatic heterocycles. The second-order valence-electron chi connectivity index (χ2n) is 13.2. The van der Waals surface area contributed by atoms with Crippen LogP contribution in [0.5, 0.6) is 0 Å². The second-order valence-corrected chi connectivity index (χ2v) is 23.8. The summed E-state index contributed by atoms with van der Waals surface area (Å²) in [5.74, 6) is 7.60. The number of para-hydroxylation sites is 4. The fraction of sp³-hybridized carbons (Fsp3) is 0.163. The van der Waals surface area contributed by atoms with Crippen molar-refractivity contribution in [3.05, 3.63) is 145 Å². The number of rotatable bonds is 6. The van der Waals surface area contributed by atoms with Crippen LogP contribution >= 0.6 is 0 Å². The van der Waals surface area contributed by atoms with Crippen molar-refractivity contribution in [3.63, 3.8) is 0 Å². The zero-order valence-electron chi connectivity index (χ0n) is 30.3. The van der Waals surface area contributed by atoms with Crippen LogP contribution in [-0.4, -0.2) is 27.8 Å². The molecule has 0 aliphatic heterocycles. The van der Waals surface area contributed by atoms with Crippen LogP contribution in [0.2, 0.25) is 17.3 Å². The summed E-state index contributed by atoms with van der Waals surface area (Å²) in [6, 6.07) is 46.8. The van der Waals surface area contributed by atoms with Crippen LogP contribution in [0.15, 0.2) is 132 Å². The van der Waals surface area contributed by atoms with Crippen LogP contribution < -0.4 is 4.40 Å². The fourth-order valence-corrected chi connectivity index (χ4v) is 9.02. The third-order valence-corrected chi connectivity index (χ3v) is 12.5. The number of imidazole rings is 1. The minimum Gasteiger partial charge on any atom is -0.501 e. The van der Waals surface area contributed by atoms with Crippen LogP contribution in [0.3, 0.4) is 0 Å². The van der Waals surface area contributed by atoms with Gasteiger partial charge in [0, 0.05) is 31.2 Å². The van der Waals surface area contributed by atoms with Gasteiger partial charge >= 0.3 is 128 Å². The largest absolute Gasteiger partial charge is 0.501 e. The number of fused-ring (bicyclic) bond motifs is 4. The molecule has 8 aromatic rings. The Morgan fingerprint density at radius 3 is 2.31 bits per heavy atom. The first-order valence-electron chi connectivity index (χ1n) is 17.4. The number of hydrogen-bond donors (Lipinski definition) is 0.